The second-order valence-electron chi connectivity index (χ2n) is 6.15. The molecule has 0 aliphatic rings. The molecule has 3 rings (SSSR count). The minimum Gasteiger partial charge on any atom is -0.383 e. The first-order valence-corrected chi connectivity index (χ1v) is 10.4. The van der Waals surface area contributed by atoms with Gasteiger partial charge in [0.05, 0.1) is 18.1 Å². The van der Waals surface area contributed by atoms with Gasteiger partial charge in [-0.15, -0.1) is 11.3 Å². The second kappa shape index (κ2) is 8.82. The van der Waals surface area contributed by atoms with Gasteiger partial charge in [-0.25, -0.2) is 9.37 Å². The molecule has 4 nitrogen and oxygen atoms in total. The molecule has 0 saturated carbocycles. The minimum atomic E-state index is -0.266. The second-order valence-corrected chi connectivity index (χ2v) is 8.23. The van der Waals surface area contributed by atoms with Gasteiger partial charge in [0, 0.05) is 41.5 Å². The maximum Gasteiger partial charge on any atom is 0.174 e. The Balaban J connectivity index is 1.65. The number of rotatable bonds is 8. The van der Waals surface area contributed by atoms with Crippen LogP contribution in [0.2, 0.25) is 0 Å². The number of thioether (sulfide) groups is 1. The van der Waals surface area contributed by atoms with Gasteiger partial charge in [0.15, 0.2) is 10.1 Å². The van der Waals surface area contributed by atoms with Crippen molar-refractivity contribution in [2.75, 3.05) is 19.5 Å². The SMILES string of the molecule is COCCn1c(C)cc(C(=O)CSc2nc(-c3ccc(F)cc3)cs2)c1C. The molecule has 0 N–H and O–H groups in total. The first-order valence-electron chi connectivity index (χ1n) is 8.52. The van der Waals surface area contributed by atoms with Crippen LogP contribution in [0.25, 0.3) is 11.3 Å². The monoisotopic (exact) mass is 404 g/mol. The minimum absolute atomic E-state index is 0.0929. The molecular formula is C20H21FN2O2S2. The lowest BCUT2D eigenvalue weighted by molar-refractivity contribution is 0.102. The zero-order valence-electron chi connectivity index (χ0n) is 15.5. The van der Waals surface area contributed by atoms with E-state index in [2.05, 4.69) is 9.55 Å². The summed E-state index contributed by atoms with van der Waals surface area (Å²) in [5.74, 6) is 0.165. The molecule has 0 fully saturated rings. The number of benzene rings is 1. The number of Topliss-reactive ketones (excluding diaryl/α,β-unsaturated/α-hetero) is 1. The van der Waals surface area contributed by atoms with E-state index in [1.807, 2.05) is 25.3 Å². The number of aromatic nitrogens is 2. The van der Waals surface area contributed by atoms with Crippen molar-refractivity contribution < 1.29 is 13.9 Å². The number of nitrogens with zero attached hydrogens (tertiary/aromatic N) is 2. The molecule has 142 valence electrons. The van der Waals surface area contributed by atoms with Gasteiger partial charge < -0.3 is 9.30 Å². The summed E-state index contributed by atoms with van der Waals surface area (Å²) in [6.07, 6.45) is 0. The van der Waals surface area contributed by atoms with Gasteiger partial charge in [0.1, 0.15) is 5.82 Å². The molecule has 2 aromatic heterocycles. The van der Waals surface area contributed by atoms with Crippen LogP contribution in [0, 0.1) is 19.7 Å². The Morgan fingerprint density at radius 2 is 2.04 bits per heavy atom. The van der Waals surface area contributed by atoms with Gasteiger partial charge in [-0.05, 0) is 44.2 Å². The highest BCUT2D eigenvalue weighted by Gasteiger charge is 2.16. The Bertz CT molecular complexity index is 932. The van der Waals surface area contributed by atoms with E-state index in [-0.39, 0.29) is 11.6 Å². The van der Waals surface area contributed by atoms with Gasteiger partial charge in [0.25, 0.3) is 0 Å². The smallest absolute Gasteiger partial charge is 0.174 e. The van der Waals surface area contributed by atoms with Gasteiger partial charge in [-0.2, -0.15) is 0 Å². The predicted molar refractivity (Wildman–Crippen MR) is 108 cm³/mol. The van der Waals surface area contributed by atoms with Gasteiger partial charge >= 0.3 is 0 Å². The first kappa shape index (κ1) is 19.8. The van der Waals surface area contributed by atoms with Crippen molar-refractivity contribution >= 4 is 28.9 Å². The van der Waals surface area contributed by atoms with Crippen molar-refractivity contribution in [2.45, 2.75) is 24.7 Å². The van der Waals surface area contributed by atoms with E-state index in [1.54, 1.807) is 19.2 Å². The zero-order valence-corrected chi connectivity index (χ0v) is 17.1. The predicted octanol–water partition coefficient (Wildman–Crippen LogP) is 4.99. The molecule has 0 saturated heterocycles. The third kappa shape index (κ3) is 4.66. The summed E-state index contributed by atoms with van der Waals surface area (Å²) in [6.45, 7) is 5.32. The summed E-state index contributed by atoms with van der Waals surface area (Å²) in [4.78, 5) is 17.2. The lowest BCUT2D eigenvalue weighted by Gasteiger charge is -2.08. The van der Waals surface area contributed by atoms with E-state index in [4.69, 9.17) is 4.74 Å². The number of hydrogen-bond acceptors (Lipinski definition) is 5. The molecule has 0 atom stereocenters. The van der Waals surface area contributed by atoms with Crippen molar-refractivity contribution in [1.29, 1.82) is 0 Å². The molecular weight excluding hydrogens is 383 g/mol. The van der Waals surface area contributed by atoms with Crippen molar-refractivity contribution in [3.63, 3.8) is 0 Å². The number of carbonyl (C=O) groups is 1. The molecule has 0 amide bonds. The van der Waals surface area contributed by atoms with Gasteiger partial charge in [0.2, 0.25) is 0 Å². The van der Waals surface area contributed by atoms with Crippen LogP contribution in [-0.4, -0.2) is 34.8 Å². The lowest BCUT2D eigenvalue weighted by Crippen LogP contribution is -2.09. The molecule has 3 aromatic rings. The Morgan fingerprint density at radius 3 is 2.74 bits per heavy atom. The maximum atomic E-state index is 13.0. The molecule has 0 aliphatic heterocycles. The van der Waals surface area contributed by atoms with E-state index >= 15 is 0 Å². The van der Waals surface area contributed by atoms with E-state index in [0.717, 1.165) is 39.1 Å². The first-order chi connectivity index (χ1) is 13.0. The van der Waals surface area contributed by atoms with Crippen molar-refractivity contribution in [3.8, 4) is 11.3 Å². The highest BCUT2D eigenvalue weighted by atomic mass is 32.2. The summed E-state index contributed by atoms with van der Waals surface area (Å²) in [5, 5.41) is 1.93. The Hall–Kier alpha value is -1.96. The summed E-state index contributed by atoms with van der Waals surface area (Å²) < 4.78 is 21.1. The largest absolute Gasteiger partial charge is 0.383 e. The third-order valence-electron chi connectivity index (χ3n) is 4.34. The van der Waals surface area contributed by atoms with E-state index in [9.17, 15) is 9.18 Å². The van der Waals surface area contributed by atoms with E-state index < -0.39 is 0 Å². The third-order valence-corrected chi connectivity index (χ3v) is 6.36. The maximum absolute atomic E-state index is 13.0. The number of carbonyl (C=O) groups excluding carboxylic acids is 1. The van der Waals surface area contributed by atoms with Crippen LogP contribution in [0.5, 0.6) is 0 Å². The topological polar surface area (TPSA) is 44.1 Å². The quantitative estimate of drug-likeness (QED) is 0.392. The summed E-state index contributed by atoms with van der Waals surface area (Å²) in [6, 6.07) is 8.20. The molecule has 0 radical (unpaired) electrons. The van der Waals surface area contributed by atoms with Crippen LogP contribution in [0.4, 0.5) is 4.39 Å². The highest BCUT2D eigenvalue weighted by molar-refractivity contribution is 8.01. The molecule has 27 heavy (non-hydrogen) atoms. The lowest BCUT2D eigenvalue weighted by atomic mass is 10.2. The Labute approximate surface area is 166 Å². The summed E-state index contributed by atoms with van der Waals surface area (Å²) >= 11 is 2.93. The number of ether oxygens (including phenoxy) is 1. The average Bonchev–Trinajstić information content (AvgIpc) is 3.24. The number of aryl methyl sites for hydroxylation is 1. The number of methoxy groups -OCH3 is 1. The van der Waals surface area contributed by atoms with Crippen molar-refractivity contribution in [3.05, 3.63) is 58.5 Å². The van der Waals surface area contributed by atoms with Gasteiger partial charge in [-0.3, -0.25) is 4.79 Å². The summed E-state index contributed by atoms with van der Waals surface area (Å²) in [5.41, 5.74) is 4.46. The Kier molecular flexibility index (Phi) is 6.46. The van der Waals surface area contributed by atoms with Crippen LogP contribution in [0.3, 0.4) is 0 Å². The van der Waals surface area contributed by atoms with Crippen LogP contribution in [-0.2, 0) is 11.3 Å². The number of halogens is 1. The Morgan fingerprint density at radius 1 is 1.30 bits per heavy atom. The van der Waals surface area contributed by atoms with Crippen LogP contribution < -0.4 is 0 Å². The summed E-state index contributed by atoms with van der Waals surface area (Å²) in [7, 11) is 1.67. The molecule has 2 heterocycles. The molecule has 0 aliphatic carbocycles. The molecule has 1 aromatic carbocycles. The standard InChI is InChI=1S/C20H21FN2O2S2/c1-13-10-17(14(2)23(13)8-9-25-3)19(24)12-27-20-22-18(11-26-20)15-4-6-16(21)7-5-15/h4-7,10-11H,8-9,12H2,1-3H3. The number of hydrogen-bond donors (Lipinski definition) is 0. The normalized spacial score (nSPS) is 11.1. The highest BCUT2D eigenvalue weighted by Crippen LogP contribution is 2.29. The molecule has 7 heteroatoms. The van der Waals surface area contributed by atoms with E-state index in [0.29, 0.717) is 12.4 Å². The van der Waals surface area contributed by atoms with Crippen molar-refractivity contribution in [1.82, 2.24) is 9.55 Å². The number of ketones is 1. The molecule has 0 unspecified atom stereocenters. The van der Waals surface area contributed by atoms with Crippen LogP contribution >= 0.6 is 23.1 Å². The van der Waals surface area contributed by atoms with Gasteiger partial charge in [-0.1, -0.05) is 11.8 Å². The fraction of sp³-hybridized carbons (Fsp3) is 0.300. The molecule has 0 bridgehead atoms. The number of thiazole rings is 1. The van der Waals surface area contributed by atoms with Crippen LogP contribution in [0.15, 0.2) is 40.1 Å². The fourth-order valence-electron chi connectivity index (χ4n) is 2.89. The average molecular weight is 405 g/mol. The van der Waals surface area contributed by atoms with E-state index in [1.165, 1.54) is 35.2 Å². The zero-order chi connectivity index (χ0) is 19.4. The van der Waals surface area contributed by atoms with Crippen molar-refractivity contribution in [2.24, 2.45) is 0 Å². The van der Waals surface area contributed by atoms with Crippen LogP contribution in [0.1, 0.15) is 21.7 Å². The molecule has 0 spiro atoms. The fourth-order valence-corrected chi connectivity index (χ4v) is 4.61.